The van der Waals surface area contributed by atoms with Crippen LogP contribution in [0.5, 0.6) is 0 Å². The van der Waals surface area contributed by atoms with Crippen molar-refractivity contribution in [3.05, 3.63) is 34.9 Å². The maximum atomic E-state index is 11.9. The van der Waals surface area contributed by atoms with Crippen LogP contribution in [0.4, 0.5) is 0 Å². The number of carbonyl (C=O) groups is 1. The summed E-state index contributed by atoms with van der Waals surface area (Å²) in [4.78, 5) is 11.9. The third-order valence-corrected chi connectivity index (χ3v) is 3.07. The second kappa shape index (κ2) is 3.54. The zero-order valence-electron chi connectivity index (χ0n) is 8.42. The van der Waals surface area contributed by atoms with Crippen molar-refractivity contribution in [1.29, 1.82) is 0 Å². The van der Waals surface area contributed by atoms with Gasteiger partial charge in [-0.1, -0.05) is 18.2 Å². The van der Waals surface area contributed by atoms with Crippen LogP contribution < -0.4 is 5.73 Å². The van der Waals surface area contributed by atoms with Crippen molar-refractivity contribution in [2.45, 2.75) is 19.8 Å². The molecule has 2 heteroatoms. The minimum atomic E-state index is 0.0456. The molecule has 0 saturated heterocycles. The van der Waals surface area contributed by atoms with E-state index in [1.165, 1.54) is 11.1 Å². The molecule has 1 unspecified atom stereocenters. The van der Waals surface area contributed by atoms with Crippen LogP contribution in [0.3, 0.4) is 0 Å². The Hall–Kier alpha value is -1.15. The lowest BCUT2D eigenvalue weighted by molar-refractivity contribution is 0.0907. The van der Waals surface area contributed by atoms with Crippen molar-refractivity contribution in [2.24, 2.45) is 11.7 Å². The van der Waals surface area contributed by atoms with Gasteiger partial charge in [-0.3, -0.25) is 4.79 Å². The number of rotatable bonds is 1. The highest BCUT2D eigenvalue weighted by atomic mass is 16.1. The Kier molecular flexibility index (Phi) is 2.38. The van der Waals surface area contributed by atoms with Gasteiger partial charge in [-0.2, -0.15) is 0 Å². The molecule has 14 heavy (non-hydrogen) atoms. The summed E-state index contributed by atoms with van der Waals surface area (Å²) >= 11 is 0. The van der Waals surface area contributed by atoms with Crippen LogP contribution in [0.2, 0.25) is 0 Å². The molecule has 2 N–H and O–H groups in total. The predicted octanol–water partition coefficient (Wildman–Crippen LogP) is 1.70. The van der Waals surface area contributed by atoms with Gasteiger partial charge in [-0.05, 0) is 30.9 Å². The van der Waals surface area contributed by atoms with Gasteiger partial charge in [0, 0.05) is 18.0 Å². The summed E-state index contributed by atoms with van der Waals surface area (Å²) < 4.78 is 0. The van der Waals surface area contributed by atoms with E-state index in [1.807, 2.05) is 12.1 Å². The normalized spacial score (nSPS) is 20.7. The minimum absolute atomic E-state index is 0.0456. The van der Waals surface area contributed by atoms with E-state index in [0.29, 0.717) is 6.54 Å². The van der Waals surface area contributed by atoms with Gasteiger partial charge in [0.2, 0.25) is 0 Å². The van der Waals surface area contributed by atoms with E-state index in [9.17, 15) is 4.79 Å². The molecule has 0 bridgehead atoms. The van der Waals surface area contributed by atoms with Crippen LogP contribution in [0, 0.1) is 12.8 Å². The summed E-state index contributed by atoms with van der Waals surface area (Å²) in [6.45, 7) is 2.54. The first-order valence-electron chi connectivity index (χ1n) is 5.07. The van der Waals surface area contributed by atoms with Gasteiger partial charge < -0.3 is 5.73 Å². The van der Waals surface area contributed by atoms with Gasteiger partial charge in [0.1, 0.15) is 0 Å². The second-order valence-electron chi connectivity index (χ2n) is 3.94. The number of carbonyl (C=O) groups excluding carboxylic acids is 1. The summed E-state index contributed by atoms with van der Waals surface area (Å²) in [7, 11) is 0. The van der Waals surface area contributed by atoms with Crippen molar-refractivity contribution in [3.8, 4) is 0 Å². The molecule has 0 aliphatic heterocycles. The fourth-order valence-corrected chi connectivity index (χ4v) is 2.16. The van der Waals surface area contributed by atoms with E-state index >= 15 is 0 Å². The fraction of sp³-hybridized carbons (Fsp3) is 0.417. The SMILES string of the molecule is Cc1cccc2c1CCC(CN)C2=O. The maximum Gasteiger partial charge on any atom is 0.167 e. The highest BCUT2D eigenvalue weighted by Gasteiger charge is 2.26. The molecule has 1 atom stereocenters. The maximum absolute atomic E-state index is 11.9. The lowest BCUT2D eigenvalue weighted by atomic mass is 9.81. The lowest BCUT2D eigenvalue weighted by Gasteiger charge is -2.23. The smallest absolute Gasteiger partial charge is 0.167 e. The molecule has 1 aliphatic rings. The van der Waals surface area contributed by atoms with Crippen molar-refractivity contribution >= 4 is 5.78 Å². The molecule has 1 aliphatic carbocycles. The number of hydrogen-bond donors (Lipinski definition) is 1. The molecular formula is C12H15NO. The molecule has 0 fully saturated rings. The van der Waals surface area contributed by atoms with E-state index in [-0.39, 0.29) is 11.7 Å². The van der Waals surface area contributed by atoms with Crippen molar-refractivity contribution in [1.82, 2.24) is 0 Å². The van der Waals surface area contributed by atoms with E-state index in [0.717, 1.165) is 18.4 Å². The van der Waals surface area contributed by atoms with Crippen LogP contribution in [0.25, 0.3) is 0 Å². The number of fused-ring (bicyclic) bond motifs is 1. The van der Waals surface area contributed by atoms with E-state index in [1.54, 1.807) is 0 Å². The third kappa shape index (κ3) is 1.36. The van der Waals surface area contributed by atoms with Crippen LogP contribution >= 0.6 is 0 Å². The van der Waals surface area contributed by atoms with Gasteiger partial charge >= 0.3 is 0 Å². The van der Waals surface area contributed by atoms with Crippen molar-refractivity contribution < 1.29 is 4.79 Å². The lowest BCUT2D eigenvalue weighted by Crippen LogP contribution is -2.29. The summed E-state index contributed by atoms with van der Waals surface area (Å²) in [6.07, 6.45) is 1.91. The Morgan fingerprint density at radius 3 is 3.00 bits per heavy atom. The molecule has 2 rings (SSSR count). The molecule has 0 radical (unpaired) electrons. The number of Topliss-reactive ketones (excluding diaryl/α,β-unsaturated/α-hetero) is 1. The standard InChI is InChI=1S/C12H15NO/c1-8-3-2-4-11-10(8)6-5-9(7-13)12(11)14/h2-4,9H,5-7,13H2,1H3. The fourth-order valence-electron chi connectivity index (χ4n) is 2.16. The number of nitrogens with two attached hydrogens (primary N) is 1. The summed E-state index contributed by atoms with van der Waals surface area (Å²) in [5, 5.41) is 0. The molecule has 1 aromatic rings. The Bertz CT molecular complexity index is 371. The quantitative estimate of drug-likeness (QED) is 0.730. The zero-order valence-corrected chi connectivity index (χ0v) is 8.42. The number of ketones is 1. The average molecular weight is 189 g/mol. The van der Waals surface area contributed by atoms with Crippen LogP contribution in [-0.4, -0.2) is 12.3 Å². The van der Waals surface area contributed by atoms with Gasteiger partial charge in [0.25, 0.3) is 0 Å². The van der Waals surface area contributed by atoms with Crippen LogP contribution in [-0.2, 0) is 6.42 Å². The van der Waals surface area contributed by atoms with Gasteiger partial charge in [0.15, 0.2) is 5.78 Å². The molecule has 1 aromatic carbocycles. The Morgan fingerprint density at radius 1 is 1.50 bits per heavy atom. The van der Waals surface area contributed by atoms with Crippen molar-refractivity contribution in [3.63, 3.8) is 0 Å². The van der Waals surface area contributed by atoms with Crippen LogP contribution in [0.1, 0.15) is 27.9 Å². The van der Waals surface area contributed by atoms with Gasteiger partial charge in [0.05, 0.1) is 0 Å². The second-order valence-corrected chi connectivity index (χ2v) is 3.94. The topological polar surface area (TPSA) is 43.1 Å². The molecule has 0 aromatic heterocycles. The molecule has 2 nitrogen and oxygen atoms in total. The molecule has 0 saturated carbocycles. The third-order valence-electron chi connectivity index (χ3n) is 3.07. The molecule has 0 amide bonds. The highest BCUT2D eigenvalue weighted by molar-refractivity contribution is 6.00. The number of aryl methyl sites for hydroxylation is 1. The summed E-state index contributed by atoms with van der Waals surface area (Å²) in [5.74, 6) is 0.279. The van der Waals surface area contributed by atoms with E-state index in [2.05, 4.69) is 13.0 Å². The predicted molar refractivity (Wildman–Crippen MR) is 56.4 cm³/mol. The first-order chi connectivity index (χ1) is 6.74. The summed E-state index contributed by atoms with van der Waals surface area (Å²) in [5.41, 5.74) is 8.92. The van der Waals surface area contributed by atoms with E-state index < -0.39 is 0 Å². The first-order valence-corrected chi connectivity index (χ1v) is 5.07. The van der Waals surface area contributed by atoms with Gasteiger partial charge in [-0.15, -0.1) is 0 Å². The minimum Gasteiger partial charge on any atom is -0.330 e. The number of benzene rings is 1. The van der Waals surface area contributed by atoms with Crippen LogP contribution in [0.15, 0.2) is 18.2 Å². The zero-order chi connectivity index (χ0) is 10.1. The Labute approximate surface area is 84.1 Å². The van der Waals surface area contributed by atoms with E-state index in [4.69, 9.17) is 5.73 Å². The molecule has 74 valence electrons. The highest BCUT2D eigenvalue weighted by Crippen LogP contribution is 2.27. The Balaban J connectivity index is 2.46. The summed E-state index contributed by atoms with van der Waals surface area (Å²) in [6, 6.07) is 5.94. The monoisotopic (exact) mass is 189 g/mol. The molecule has 0 heterocycles. The number of hydrogen-bond acceptors (Lipinski definition) is 2. The van der Waals surface area contributed by atoms with Gasteiger partial charge in [-0.25, -0.2) is 0 Å². The first kappa shape index (κ1) is 9.41. The molecule has 0 spiro atoms. The average Bonchev–Trinajstić information content (AvgIpc) is 2.20. The largest absolute Gasteiger partial charge is 0.330 e. The molecular weight excluding hydrogens is 174 g/mol. The van der Waals surface area contributed by atoms with Crippen molar-refractivity contribution in [2.75, 3.05) is 6.54 Å². The Morgan fingerprint density at radius 2 is 2.29 bits per heavy atom.